The van der Waals surface area contributed by atoms with E-state index in [2.05, 4.69) is 28.8 Å². The first kappa shape index (κ1) is 30.9. The number of halogens is 2. The number of alkyl halides is 2. The fourth-order valence-electron chi connectivity index (χ4n) is 2.95. The Balaban J connectivity index is 2.58. The van der Waals surface area contributed by atoms with E-state index in [4.69, 9.17) is 4.74 Å². The molecule has 1 atom stereocenters. The molecular formula is C25H37F2N5O4. The Bertz CT molecular complexity index is 923. The molecule has 36 heavy (non-hydrogen) atoms. The van der Waals surface area contributed by atoms with Gasteiger partial charge < -0.3 is 25.2 Å². The molecule has 200 valence electrons. The number of hydrogen-bond acceptors (Lipinski definition) is 7. The van der Waals surface area contributed by atoms with Crippen molar-refractivity contribution in [3.63, 3.8) is 0 Å². The highest BCUT2D eigenvalue weighted by Gasteiger charge is 2.39. The fourth-order valence-corrected chi connectivity index (χ4v) is 2.95. The molecule has 0 bridgehead atoms. The van der Waals surface area contributed by atoms with Crippen molar-refractivity contribution in [2.24, 2.45) is 0 Å². The number of likely N-dealkylation sites (N-methyl/N-ethyl adjacent to an activating group) is 2. The summed E-state index contributed by atoms with van der Waals surface area (Å²) in [5, 5.41) is 5.15. The Morgan fingerprint density at radius 3 is 2.56 bits per heavy atom. The average molecular weight is 510 g/mol. The molecule has 2 amide bonds. The number of esters is 1. The summed E-state index contributed by atoms with van der Waals surface area (Å²) in [4.78, 5) is 44.5. The highest BCUT2D eigenvalue weighted by Crippen LogP contribution is 2.22. The Morgan fingerprint density at radius 2 is 1.97 bits per heavy atom. The van der Waals surface area contributed by atoms with Crippen molar-refractivity contribution in [1.29, 1.82) is 0 Å². The van der Waals surface area contributed by atoms with Crippen molar-refractivity contribution in [1.82, 2.24) is 25.4 Å². The smallest absolute Gasteiger partial charge is 0.345 e. The van der Waals surface area contributed by atoms with Crippen LogP contribution in [0.2, 0.25) is 0 Å². The van der Waals surface area contributed by atoms with Crippen molar-refractivity contribution in [3.8, 4) is 0 Å². The fraction of sp³-hybridized carbons (Fsp3) is 0.520. The third-order valence-electron chi connectivity index (χ3n) is 5.24. The summed E-state index contributed by atoms with van der Waals surface area (Å²) in [5.74, 6) is -5.82. The minimum absolute atomic E-state index is 0.0307. The normalized spacial score (nSPS) is 12.1. The second-order valence-corrected chi connectivity index (χ2v) is 8.49. The van der Waals surface area contributed by atoms with E-state index in [1.807, 2.05) is 25.9 Å². The molecule has 0 aliphatic carbocycles. The molecule has 1 heterocycles. The Labute approximate surface area is 211 Å². The summed E-state index contributed by atoms with van der Waals surface area (Å²) in [5.41, 5.74) is 0.211. The van der Waals surface area contributed by atoms with E-state index in [1.165, 1.54) is 18.3 Å². The lowest BCUT2D eigenvalue weighted by Crippen LogP contribution is -2.41. The van der Waals surface area contributed by atoms with Gasteiger partial charge in [-0.05, 0) is 45.6 Å². The van der Waals surface area contributed by atoms with Crippen LogP contribution in [0.3, 0.4) is 0 Å². The molecule has 1 unspecified atom stereocenters. The molecule has 0 fully saturated rings. The van der Waals surface area contributed by atoms with E-state index in [-0.39, 0.29) is 37.5 Å². The van der Waals surface area contributed by atoms with Crippen molar-refractivity contribution < 1.29 is 27.9 Å². The lowest BCUT2D eigenvalue weighted by atomic mass is 10.1. The summed E-state index contributed by atoms with van der Waals surface area (Å²) in [6, 6.07) is 3.02. The van der Waals surface area contributed by atoms with Gasteiger partial charge in [0.25, 0.3) is 5.91 Å². The summed E-state index contributed by atoms with van der Waals surface area (Å²) in [6.07, 6.45) is 2.07. The largest absolute Gasteiger partial charge is 0.454 e. The second kappa shape index (κ2) is 15.0. The van der Waals surface area contributed by atoms with Crippen molar-refractivity contribution in [2.45, 2.75) is 38.8 Å². The number of carbonyl (C=O) groups excluding carboxylic acids is 3. The number of carbonyl (C=O) groups is 3. The third-order valence-corrected chi connectivity index (χ3v) is 5.24. The molecule has 1 rings (SSSR count). The maximum Gasteiger partial charge on any atom is 0.345 e. The van der Waals surface area contributed by atoms with E-state index in [0.29, 0.717) is 18.8 Å². The molecule has 0 saturated carbocycles. The number of rotatable bonds is 16. The molecule has 1 aromatic heterocycles. The van der Waals surface area contributed by atoms with Crippen LogP contribution >= 0.6 is 0 Å². The van der Waals surface area contributed by atoms with Crippen LogP contribution in [0.4, 0.5) is 8.78 Å². The molecule has 0 spiro atoms. The van der Waals surface area contributed by atoms with Gasteiger partial charge >= 0.3 is 11.9 Å². The van der Waals surface area contributed by atoms with Gasteiger partial charge in [-0.1, -0.05) is 19.2 Å². The van der Waals surface area contributed by atoms with Crippen LogP contribution in [0.1, 0.15) is 36.3 Å². The molecule has 0 saturated heterocycles. The molecule has 9 nitrogen and oxygen atoms in total. The lowest BCUT2D eigenvalue weighted by Gasteiger charge is -2.23. The van der Waals surface area contributed by atoms with Crippen molar-refractivity contribution >= 4 is 17.8 Å². The first-order chi connectivity index (χ1) is 16.9. The number of pyridine rings is 1. The van der Waals surface area contributed by atoms with Crippen LogP contribution in [0, 0.1) is 0 Å². The zero-order valence-electron chi connectivity index (χ0n) is 21.5. The molecule has 0 aromatic carbocycles. The van der Waals surface area contributed by atoms with Gasteiger partial charge in [0.15, 0.2) is 0 Å². The standard InChI is InChI=1S/C25H37F2N5O4/c1-7-21(10-12-30-24(35)25(26,27)18(3)4)36-23(34)19-9-11-29-20(15-19)16-28-17-22(33)32(8-2)14-13-31(5)6/h7,9,11,15,21,28H,1,3,8,10,12-14,16-17H2,2,4-6H3,(H,30,35). The van der Waals surface area contributed by atoms with Gasteiger partial charge in [0, 0.05) is 45.3 Å². The van der Waals surface area contributed by atoms with Crippen LogP contribution in [-0.4, -0.2) is 91.4 Å². The molecule has 0 aliphatic rings. The van der Waals surface area contributed by atoms with Gasteiger partial charge in [-0.15, -0.1) is 0 Å². The van der Waals surface area contributed by atoms with Crippen molar-refractivity contribution in [3.05, 3.63) is 54.4 Å². The molecule has 2 N–H and O–H groups in total. The zero-order valence-corrected chi connectivity index (χ0v) is 21.5. The highest BCUT2D eigenvalue weighted by atomic mass is 19.3. The molecule has 11 heteroatoms. The average Bonchev–Trinajstić information content (AvgIpc) is 2.83. The van der Waals surface area contributed by atoms with E-state index >= 15 is 0 Å². The summed E-state index contributed by atoms with van der Waals surface area (Å²) in [6.45, 7) is 12.0. The van der Waals surface area contributed by atoms with E-state index in [1.54, 1.807) is 11.0 Å². The van der Waals surface area contributed by atoms with Crippen LogP contribution < -0.4 is 10.6 Å². The topological polar surface area (TPSA) is 104 Å². The monoisotopic (exact) mass is 509 g/mol. The number of ether oxygens (including phenoxy) is 1. The second-order valence-electron chi connectivity index (χ2n) is 8.49. The first-order valence-corrected chi connectivity index (χ1v) is 11.7. The lowest BCUT2D eigenvalue weighted by molar-refractivity contribution is -0.140. The van der Waals surface area contributed by atoms with Crippen LogP contribution in [-0.2, 0) is 20.9 Å². The number of nitrogens with one attached hydrogen (secondary N) is 2. The SMILES string of the molecule is C=CC(CCNC(=O)C(F)(F)C(=C)C)OC(=O)c1ccnc(CNCC(=O)N(CC)CCN(C)C)c1. The van der Waals surface area contributed by atoms with Crippen LogP contribution in [0.5, 0.6) is 0 Å². The van der Waals surface area contributed by atoms with E-state index in [0.717, 1.165) is 13.5 Å². The minimum atomic E-state index is -3.67. The number of aromatic nitrogens is 1. The highest BCUT2D eigenvalue weighted by molar-refractivity contribution is 5.89. The number of hydrogen-bond donors (Lipinski definition) is 2. The Hall–Kier alpha value is -3.18. The van der Waals surface area contributed by atoms with Gasteiger partial charge in [0.05, 0.1) is 17.8 Å². The third kappa shape index (κ3) is 10.2. The predicted molar refractivity (Wildman–Crippen MR) is 134 cm³/mol. The molecular weight excluding hydrogens is 472 g/mol. The van der Waals surface area contributed by atoms with Gasteiger partial charge in [-0.25, -0.2) is 4.79 Å². The van der Waals surface area contributed by atoms with Gasteiger partial charge in [-0.2, -0.15) is 8.78 Å². The minimum Gasteiger partial charge on any atom is -0.454 e. The maximum absolute atomic E-state index is 13.6. The quantitative estimate of drug-likeness (QED) is 0.260. The molecule has 0 aliphatic heterocycles. The van der Waals surface area contributed by atoms with Gasteiger partial charge in [0.1, 0.15) is 6.10 Å². The summed E-state index contributed by atoms with van der Waals surface area (Å²) >= 11 is 0. The number of amides is 2. The van der Waals surface area contributed by atoms with Gasteiger partial charge in [-0.3, -0.25) is 14.6 Å². The van der Waals surface area contributed by atoms with Crippen LogP contribution in [0.15, 0.2) is 43.1 Å². The molecule has 1 aromatic rings. The maximum atomic E-state index is 13.6. The van der Waals surface area contributed by atoms with Crippen molar-refractivity contribution in [2.75, 3.05) is 46.8 Å². The summed E-state index contributed by atoms with van der Waals surface area (Å²) < 4.78 is 32.6. The predicted octanol–water partition coefficient (Wildman–Crippen LogP) is 2.01. The Kier molecular flexibility index (Phi) is 12.9. The zero-order chi connectivity index (χ0) is 27.3. The van der Waals surface area contributed by atoms with Gasteiger partial charge in [0.2, 0.25) is 5.91 Å². The summed E-state index contributed by atoms with van der Waals surface area (Å²) in [7, 11) is 3.89. The molecule has 0 radical (unpaired) electrons. The van der Waals surface area contributed by atoms with E-state index < -0.39 is 29.5 Å². The first-order valence-electron chi connectivity index (χ1n) is 11.7. The number of nitrogens with zero attached hydrogens (tertiary/aromatic N) is 3. The Morgan fingerprint density at radius 1 is 1.28 bits per heavy atom. The van der Waals surface area contributed by atoms with E-state index in [9.17, 15) is 23.2 Å². The van der Waals surface area contributed by atoms with Crippen LogP contribution in [0.25, 0.3) is 0 Å².